The van der Waals surface area contributed by atoms with E-state index in [0.29, 0.717) is 11.7 Å². The number of esters is 1. The molecule has 178 valence electrons. The Balaban J connectivity index is 1.78. The molecular weight excluding hydrogens is 446 g/mol. The number of anilines is 1. The third kappa shape index (κ3) is 4.50. The number of hydrogen-bond donors (Lipinski definition) is 1. The topological polar surface area (TPSA) is 62.6 Å². The highest BCUT2D eigenvalue weighted by atomic mass is 32.1. The zero-order valence-electron chi connectivity index (χ0n) is 20.3. The first-order valence-corrected chi connectivity index (χ1v) is 11.8. The molecule has 0 bridgehead atoms. The van der Waals surface area contributed by atoms with Crippen molar-refractivity contribution < 1.29 is 9.53 Å². The molecule has 1 fully saturated rings. The average Bonchev–Trinajstić information content (AvgIpc) is 3.29. The van der Waals surface area contributed by atoms with E-state index < -0.39 is 0 Å². The van der Waals surface area contributed by atoms with Gasteiger partial charge < -0.3 is 24.4 Å². The summed E-state index contributed by atoms with van der Waals surface area (Å²) in [4.78, 5) is 21.0. The smallest absolute Gasteiger partial charge is 0.325 e. The number of aromatic nitrogens is 2. The van der Waals surface area contributed by atoms with Gasteiger partial charge in [0.15, 0.2) is 5.11 Å². The molecule has 0 spiro atoms. The number of thiocarbonyl (C=S) groups is 1. The number of ether oxygens (including phenoxy) is 1. The standard InChI is InChI=1S/C26H31N5O2S/c1-6-33-23(32)16-30-25(24(28-26(30)34)22-9-7-8-14-27-22)21-15-17(2)31(18(21)3)20-12-10-19(11-13-20)29(4)5/h7-15,24-25H,6,16H2,1-5H3,(H,28,34)/t24-,25+/m1/s1. The van der Waals surface area contributed by atoms with E-state index in [-0.39, 0.29) is 24.6 Å². The maximum Gasteiger partial charge on any atom is 0.325 e. The number of carbonyl (C=O) groups is 1. The van der Waals surface area contributed by atoms with Crippen LogP contribution in [0.4, 0.5) is 5.69 Å². The van der Waals surface area contributed by atoms with Crippen molar-refractivity contribution in [2.45, 2.75) is 32.9 Å². The Bertz CT molecular complexity index is 1170. The van der Waals surface area contributed by atoms with Crippen LogP contribution in [0.2, 0.25) is 0 Å². The highest BCUT2D eigenvalue weighted by Crippen LogP contribution is 2.41. The number of aryl methyl sites for hydroxylation is 1. The van der Waals surface area contributed by atoms with Gasteiger partial charge in [0.05, 0.1) is 24.4 Å². The van der Waals surface area contributed by atoms with Crippen molar-refractivity contribution in [3.63, 3.8) is 0 Å². The van der Waals surface area contributed by atoms with Gasteiger partial charge in [-0.15, -0.1) is 0 Å². The monoisotopic (exact) mass is 477 g/mol. The van der Waals surface area contributed by atoms with E-state index in [1.165, 1.54) is 0 Å². The number of pyridine rings is 1. The molecule has 0 aliphatic carbocycles. The Morgan fingerprint density at radius 2 is 1.91 bits per heavy atom. The zero-order chi connectivity index (χ0) is 24.4. The molecule has 0 unspecified atom stereocenters. The molecular formula is C26H31N5O2S. The third-order valence-corrected chi connectivity index (χ3v) is 6.57. The Morgan fingerprint density at radius 3 is 2.53 bits per heavy atom. The summed E-state index contributed by atoms with van der Waals surface area (Å²) in [6.45, 7) is 6.43. The first kappa shape index (κ1) is 23.8. The molecule has 1 aromatic carbocycles. The van der Waals surface area contributed by atoms with Gasteiger partial charge in [-0.1, -0.05) is 6.07 Å². The maximum atomic E-state index is 12.5. The molecule has 0 amide bonds. The van der Waals surface area contributed by atoms with Crippen LogP contribution in [0.1, 0.15) is 41.7 Å². The van der Waals surface area contributed by atoms with Crippen LogP contribution >= 0.6 is 12.2 Å². The minimum Gasteiger partial charge on any atom is -0.465 e. The molecule has 0 radical (unpaired) electrons. The lowest BCUT2D eigenvalue weighted by Gasteiger charge is -2.27. The van der Waals surface area contributed by atoms with Gasteiger partial charge in [-0.3, -0.25) is 9.78 Å². The molecule has 1 aliphatic rings. The Hall–Kier alpha value is -3.39. The first-order chi connectivity index (χ1) is 16.3. The zero-order valence-corrected chi connectivity index (χ0v) is 21.1. The van der Waals surface area contributed by atoms with Crippen LogP contribution in [0.15, 0.2) is 54.7 Å². The Labute approximate surface area is 206 Å². The quantitative estimate of drug-likeness (QED) is 0.406. The van der Waals surface area contributed by atoms with Crippen LogP contribution in [-0.4, -0.2) is 52.8 Å². The van der Waals surface area contributed by atoms with Crippen LogP contribution in [0.25, 0.3) is 5.69 Å². The van der Waals surface area contributed by atoms with Gasteiger partial charge in [-0.25, -0.2) is 0 Å². The predicted octanol–water partition coefficient (Wildman–Crippen LogP) is 4.09. The number of benzene rings is 1. The van der Waals surface area contributed by atoms with E-state index >= 15 is 0 Å². The van der Waals surface area contributed by atoms with Crippen LogP contribution in [0.5, 0.6) is 0 Å². The maximum absolute atomic E-state index is 12.5. The number of rotatable bonds is 7. The lowest BCUT2D eigenvalue weighted by atomic mass is 9.97. The van der Waals surface area contributed by atoms with Crippen LogP contribution < -0.4 is 10.2 Å². The number of nitrogens with one attached hydrogen (secondary N) is 1. The van der Waals surface area contributed by atoms with E-state index in [1.54, 1.807) is 6.20 Å². The van der Waals surface area contributed by atoms with Gasteiger partial charge in [0.25, 0.3) is 0 Å². The van der Waals surface area contributed by atoms with E-state index in [1.807, 2.05) is 44.1 Å². The molecule has 4 rings (SSSR count). The van der Waals surface area contributed by atoms with E-state index in [0.717, 1.165) is 34.0 Å². The average molecular weight is 478 g/mol. The number of carbonyl (C=O) groups excluding carboxylic acids is 1. The van der Waals surface area contributed by atoms with Crippen molar-refractivity contribution in [3.05, 3.63) is 77.4 Å². The largest absolute Gasteiger partial charge is 0.465 e. The second-order valence-corrected chi connectivity index (χ2v) is 9.02. The SMILES string of the molecule is CCOC(=O)CN1C(=S)N[C@H](c2ccccn2)[C@@H]1c1cc(C)n(-c2ccc(N(C)C)cc2)c1C. The Morgan fingerprint density at radius 1 is 1.18 bits per heavy atom. The van der Waals surface area contributed by atoms with Crippen molar-refractivity contribution >= 4 is 29.0 Å². The summed E-state index contributed by atoms with van der Waals surface area (Å²) in [5, 5.41) is 3.93. The second kappa shape index (κ2) is 9.85. The molecule has 1 N–H and O–H groups in total. The summed E-state index contributed by atoms with van der Waals surface area (Å²) in [5.41, 5.74) is 6.42. The van der Waals surface area contributed by atoms with E-state index in [9.17, 15) is 4.79 Å². The van der Waals surface area contributed by atoms with Gasteiger partial charge in [-0.2, -0.15) is 0 Å². The molecule has 34 heavy (non-hydrogen) atoms. The molecule has 8 heteroatoms. The second-order valence-electron chi connectivity index (χ2n) is 8.63. The first-order valence-electron chi connectivity index (χ1n) is 11.4. The van der Waals surface area contributed by atoms with Crippen molar-refractivity contribution in [2.24, 2.45) is 0 Å². The van der Waals surface area contributed by atoms with Gasteiger partial charge in [0.2, 0.25) is 0 Å². The van der Waals surface area contributed by atoms with Gasteiger partial charge in [-0.05, 0) is 81.0 Å². The fourth-order valence-electron chi connectivity index (χ4n) is 4.64. The normalized spacial score (nSPS) is 17.6. The molecule has 0 saturated carbocycles. The van der Waals surface area contributed by atoms with Crippen molar-refractivity contribution in [3.8, 4) is 5.69 Å². The Kier molecular flexibility index (Phi) is 6.88. The van der Waals surface area contributed by atoms with E-state index in [2.05, 4.69) is 63.9 Å². The molecule has 1 saturated heterocycles. The summed E-state index contributed by atoms with van der Waals surface area (Å²) in [7, 11) is 4.07. The highest BCUT2D eigenvalue weighted by molar-refractivity contribution is 7.80. The molecule has 1 aliphatic heterocycles. The molecule has 7 nitrogen and oxygen atoms in total. The van der Waals surface area contributed by atoms with Crippen molar-refractivity contribution in [1.29, 1.82) is 0 Å². The predicted molar refractivity (Wildman–Crippen MR) is 138 cm³/mol. The minimum atomic E-state index is -0.300. The van der Waals surface area contributed by atoms with Crippen molar-refractivity contribution in [1.82, 2.24) is 19.8 Å². The molecule has 2 atom stereocenters. The number of nitrogens with zero attached hydrogens (tertiary/aromatic N) is 4. The minimum absolute atomic E-state index is 0.0782. The fraction of sp³-hybridized carbons (Fsp3) is 0.346. The summed E-state index contributed by atoms with van der Waals surface area (Å²) in [5.74, 6) is -0.300. The van der Waals surface area contributed by atoms with Crippen LogP contribution in [0.3, 0.4) is 0 Å². The summed E-state index contributed by atoms with van der Waals surface area (Å²) in [6.07, 6.45) is 1.78. The van der Waals surface area contributed by atoms with Gasteiger partial charge >= 0.3 is 5.97 Å². The van der Waals surface area contributed by atoms with Gasteiger partial charge in [0, 0.05) is 43.1 Å². The highest BCUT2D eigenvalue weighted by Gasteiger charge is 2.42. The van der Waals surface area contributed by atoms with Gasteiger partial charge in [0.1, 0.15) is 6.54 Å². The summed E-state index contributed by atoms with van der Waals surface area (Å²) >= 11 is 5.68. The molecule has 3 aromatic rings. The lowest BCUT2D eigenvalue weighted by Crippen LogP contribution is -2.35. The summed E-state index contributed by atoms with van der Waals surface area (Å²) < 4.78 is 7.49. The van der Waals surface area contributed by atoms with Crippen LogP contribution in [-0.2, 0) is 9.53 Å². The van der Waals surface area contributed by atoms with Crippen molar-refractivity contribution in [2.75, 3.05) is 32.1 Å². The van der Waals surface area contributed by atoms with E-state index in [4.69, 9.17) is 17.0 Å². The fourth-order valence-corrected chi connectivity index (χ4v) is 4.95. The molecule has 2 aromatic heterocycles. The number of hydrogen-bond acceptors (Lipinski definition) is 5. The molecule has 3 heterocycles. The van der Waals surface area contributed by atoms with Crippen LogP contribution in [0, 0.1) is 13.8 Å². The summed E-state index contributed by atoms with van der Waals surface area (Å²) in [6, 6.07) is 16.1. The third-order valence-electron chi connectivity index (χ3n) is 6.22. The lowest BCUT2D eigenvalue weighted by molar-refractivity contribution is -0.143.